The topological polar surface area (TPSA) is 25.4 Å². The first-order valence-electron chi connectivity index (χ1n) is 5.58. The maximum atomic E-state index is 5.73. The first-order valence-corrected chi connectivity index (χ1v) is 6.11. The maximum Gasteiger partial charge on any atom is 0.128 e. The van der Waals surface area contributed by atoms with Crippen LogP contribution in [0.1, 0.15) is 12.0 Å². The number of anilines is 1. The fraction of sp³-hybridized carbons (Fsp3) is 0.583. The molecule has 0 saturated carbocycles. The minimum atomic E-state index is 0.527. The van der Waals surface area contributed by atoms with E-state index < -0.39 is 0 Å². The maximum absolute atomic E-state index is 5.73. The summed E-state index contributed by atoms with van der Waals surface area (Å²) in [5.41, 5.74) is 1.07. The lowest BCUT2D eigenvalue weighted by Gasteiger charge is -2.17. The third-order valence-corrected chi connectivity index (χ3v) is 3.28. The van der Waals surface area contributed by atoms with Crippen LogP contribution in [0, 0.1) is 5.92 Å². The number of alkyl halides is 1. The summed E-state index contributed by atoms with van der Waals surface area (Å²) in [7, 11) is 1.76. The lowest BCUT2D eigenvalue weighted by atomic mass is 10.1. The van der Waals surface area contributed by atoms with E-state index in [9.17, 15) is 0 Å². The molecule has 1 aliphatic heterocycles. The molecule has 0 bridgehead atoms. The number of ether oxygens (including phenoxy) is 1. The molecule has 0 aromatic carbocycles. The van der Waals surface area contributed by atoms with Crippen molar-refractivity contribution in [1.29, 1.82) is 0 Å². The molecule has 4 heteroatoms. The summed E-state index contributed by atoms with van der Waals surface area (Å²) < 4.78 is 5.18. The van der Waals surface area contributed by atoms with Crippen LogP contribution in [0.15, 0.2) is 18.3 Å². The highest BCUT2D eigenvalue weighted by Gasteiger charge is 2.22. The third-order valence-electron chi connectivity index (χ3n) is 2.98. The highest BCUT2D eigenvalue weighted by atomic mass is 35.5. The van der Waals surface area contributed by atoms with Gasteiger partial charge in [0.15, 0.2) is 0 Å². The fourth-order valence-corrected chi connectivity index (χ4v) is 2.25. The second-order valence-electron chi connectivity index (χ2n) is 4.21. The summed E-state index contributed by atoms with van der Waals surface area (Å²) in [5.74, 6) is 2.21. The van der Waals surface area contributed by atoms with Crippen molar-refractivity contribution in [2.75, 3.05) is 31.7 Å². The molecule has 0 aliphatic carbocycles. The molecular weight excluding hydrogens is 224 g/mol. The molecule has 1 fully saturated rings. The highest BCUT2D eigenvalue weighted by molar-refractivity contribution is 6.17. The van der Waals surface area contributed by atoms with E-state index in [2.05, 4.69) is 9.88 Å². The molecule has 1 aromatic heterocycles. The summed E-state index contributed by atoms with van der Waals surface area (Å²) in [4.78, 5) is 6.73. The van der Waals surface area contributed by atoms with E-state index in [1.165, 1.54) is 6.42 Å². The Kier molecular flexibility index (Phi) is 4.02. The molecule has 1 unspecified atom stereocenters. The van der Waals surface area contributed by atoms with Crippen LogP contribution in [-0.2, 0) is 10.6 Å². The summed E-state index contributed by atoms with van der Waals surface area (Å²) >= 11 is 5.73. The van der Waals surface area contributed by atoms with Crippen LogP contribution >= 0.6 is 11.6 Å². The van der Waals surface area contributed by atoms with Crippen molar-refractivity contribution in [3.8, 4) is 0 Å². The Bertz CT molecular complexity index is 328. The van der Waals surface area contributed by atoms with E-state index in [4.69, 9.17) is 16.3 Å². The monoisotopic (exact) mass is 240 g/mol. The van der Waals surface area contributed by atoms with Crippen LogP contribution in [0.3, 0.4) is 0 Å². The van der Waals surface area contributed by atoms with Gasteiger partial charge in [-0.25, -0.2) is 4.98 Å². The average molecular weight is 241 g/mol. The minimum absolute atomic E-state index is 0.527. The molecule has 0 radical (unpaired) electrons. The second-order valence-corrected chi connectivity index (χ2v) is 4.48. The fourth-order valence-electron chi connectivity index (χ4n) is 2.10. The minimum Gasteiger partial charge on any atom is -0.384 e. The number of hydrogen-bond donors (Lipinski definition) is 0. The number of methoxy groups -OCH3 is 1. The van der Waals surface area contributed by atoms with Gasteiger partial charge in [0.05, 0.1) is 6.61 Å². The molecule has 1 saturated heterocycles. The Balaban J connectivity index is 1.97. The standard InChI is InChI=1S/C12H17ClN2O/c1-16-9-11-4-5-15(8-11)12-3-2-10(6-13)7-14-12/h2-3,7,11H,4-6,8-9H2,1H3. The molecule has 1 aliphatic rings. The van der Waals surface area contributed by atoms with Crippen molar-refractivity contribution in [3.63, 3.8) is 0 Å². The molecule has 1 aromatic rings. The van der Waals surface area contributed by atoms with Gasteiger partial charge in [-0.1, -0.05) is 6.07 Å². The Hall–Kier alpha value is -0.800. The average Bonchev–Trinajstić information content (AvgIpc) is 2.78. The number of halogens is 1. The van der Waals surface area contributed by atoms with Gasteiger partial charge in [-0.3, -0.25) is 0 Å². The molecule has 88 valence electrons. The molecule has 0 N–H and O–H groups in total. The number of rotatable bonds is 4. The van der Waals surface area contributed by atoms with Crippen molar-refractivity contribution in [2.24, 2.45) is 5.92 Å². The summed E-state index contributed by atoms with van der Waals surface area (Å²) in [6.07, 6.45) is 3.04. The largest absolute Gasteiger partial charge is 0.384 e. The van der Waals surface area contributed by atoms with Crippen molar-refractivity contribution in [3.05, 3.63) is 23.9 Å². The molecular formula is C12H17ClN2O. The number of pyridine rings is 1. The van der Waals surface area contributed by atoms with E-state index in [-0.39, 0.29) is 0 Å². The van der Waals surface area contributed by atoms with Crippen LogP contribution < -0.4 is 4.90 Å². The molecule has 3 nitrogen and oxygen atoms in total. The van der Waals surface area contributed by atoms with Gasteiger partial charge in [-0.05, 0) is 18.1 Å². The first kappa shape index (κ1) is 11.7. The molecule has 2 rings (SSSR count). The van der Waals surface area contributed by atoms with E-state index in [1.54, 1.807) is 7.11 Å². The molecule has 2 heterocycles. The van der Waals surface area contributed by atoms with Gasteiger partial charge in [-0.2, -0.15) is 0 Å². The Labute approximate surface area is 101 Å². The number of nitrogens with zero attached hydrogens (tertiary/aromatic N) is 2. The Morgan fingerprint density at radius 1 is 1.56 bits per heavy atom. The van der Waals surface area contributed by atoms with Gasteiger partial charge >= 0.3 is 0 Å². The van der Waals surface area contributed by atoms with Crippen LogP contribution in [0.4, 0.5) is 5.82 Å². The zero-order valence-corrected chi connectivity index (χ0v) is 10.3. The third kappa shape index (κ3) is 2.66. The summed E-state index contributed by atoms with van der Waals surface area (Å²) in [5, 5.41) is 0. The number of aromatic nitrogens is 1. The summed E-state index contributed by atoms with van der Waals surface area (Å²) in [6.45, 7) is 2.96. The first-order chi connectivity index (χ1) is 7.83. The van der Waals surface area contributed by atoms with Crippen LogP contribution in [0.25, 0.3) is 0 Å². The Morgan fingerprint density at radius 2 is 2.44 bits per heavy atom. The van der Waals surface area contributed by atoms with E-state index in [1.807, 2.05) is 18.3 Å². The van der Waals surface area contributed by atoms with Crippen LogP contribution in [-0.4, -0.2) is 31.8 Å². The molecule has 0 spiro atoms. The quantitative estimate of drug-likeness (QED) is 0.756. The van der Waals surface area contributed by atoms with Gasteiger partial charge < -0.3 is 9.64 Å². The lowest BCUT2D eigenvalue weighted by Crippen LogP contribution is -2.21. The normalized spacial score (nSPS) is 20.4. The van der Waals surface area contributed by atoms with Crippen molar-refractivity contribution < 1.29 is 4.74 Å². The van der Waals surface area contributed by atoms with Gasteiger partial charge in [0, 0.05) is 38.2 Å². The van der Waals surface area contributed by atoms with E-state index >= 15 is 0 Å². The van der Waals surface area contributed by atoms with Gasteiger partial charge in [-0.15, -0.1) is 11.6 Å². The highest BCUT2D eigenvalue weighted by Crippen LogP contribution is 2.22. The SMILES string of the molecule is COCC1CCN(c2ccc(CCl)cn2)C1. The Morgan fingerprint density at radius 3 is 3.06 bits per heavy atom. The molecule has 1 atom stereocenters. The smallest absolute Gasteiger partial charge is 0.128 e. The predicted molar refractivity (Wildman–Crippen MR) is 66.0 cm³/mol. The van der Waals surface area contributed by atoms with Crippen LogP contribution in [0.2, 0.25) is 0 Å². The van der Waals surface area contributed by atoms with Gasteiger partial charge in [0.25, 0.3) is 0 Å². The zero-order chi connectivity index (χ0) is 11.4. The zero-order valence-electron chi connectivity index (χ0n) is 9.53. The van der Waals surface area contributed by atoms with E-state index in [0.29, 0.717) is 11.8 Å². The lowest BCUT2D eigenvalue weighted by molar-refractivity contribution is 0.161. The van der Waals surface area contributed by atoms with Crippen LogP contribution in [0.5, 0.6) is 0 Å². The molecule has 16 heavy (non-hydrogen) atoms. The van der Waals surface area contributed by atoms with Gasteiger partial charge in [0.1, 0.15) is 5.82 Å². The van der Waals surface area contributed by atoms with Crippen molar-refractivity contribution >= 4 is 17.4 Å². The summed E-state index contributed by atoms with van der Waals surface area (Å²) in [6, 6.07) is 4.09. The predicted octanol–water partition coefficient (Wildman–Crippen LogP) is 2.29. The van der Waals surface area contributed by atoms with Crippen molar-refractivity contribution in [1.82, 2.24) is 4.98 Å². The molecule has 0 amide bonds. The second kappa shape index (κ2) is 5.51. The van der Waals surface area contributed by atoms with E-state index in [0.717, 1.165) is 31.1 Å². The number of hydrogen-bond acceptors (Lipinski definition) is 3. The van der Waals surface area contributed by atoms with Crippen molar-refractivity contribution in [2.45, 2.75) is 12.3 Å². The van der Waals surface area contributed by atoms with Gasteiger partial charge in [0.2, 0.25) is 0 Å².